The van der Waals surface area contributed by atoms with Crippen molar-refractivity contribution >= 4 is 69.2 Å². The summed E-state index contributed by atoms with van der Waals surface area (Å²) >= 11 is 18.6. The molecule has 0 radical (unpaired) electrons. The van der Waals surface area contributed by atoms with Crippen molar-refractivity contribution in [2.24, 2.45) is 0 Å². The van der Waals surface area contributed by atoms with Crippen LogP contribution in [-0.2, 0) is 4.79 Å². The first-order chi connectivity index (χ1) is 12.4. The van der Waals surface area contributed by atoms with Gasteiger partial charge in [-0.05, 0) is 54.8 Å². The molecule has 0 spiro atoms. The van der Waals surface area contributed by atoms with Gasteiger partial charge in [0.15, 0.2) is 0 Å². The minimum absolute atomic E-state index is 0.121. The zero-order valence-corrected chi connectivity index (χ0v) is 17.3. The lowest BCUT2D eigenvalue weighted by molar-refractivity contribution is -0.121. The molecular weight excluding hydrogens is 407 g/mol. The quantitative estimate of drug-likeness (QED) is 0.492. The lowest BCUT2D eigenvalue weighted by Crippen LogP contribution is -2.33. The first-order valence-corrected chi connectivity index (χ1v) is 9.85. The minimum atomic E-state index is -0.121. The smallest absolute Gasteiger partial charge is 0.267 e. The van der Waals surface area contributed by atoms with Crippen LogP contribution in [0.3, 0.4) is 0 Å². The molecule has 134 valence electrons. The highest BCUT2D eigenvalue weighted by molar-refractivity contribution is 8.26. The standard InChI is InChI=1S/C19H16Cl2N2OS2/c1-11-4-3-5-16(12(11)2)22-10-23-18(24)17(26-19(23)25)9-13-6-7-14(20)15(21)8-13/h3-9,22H,10H2,1-2H3. The Bertz CT molecular complexity index is 928. The third kappa shape index (κ3) is 4.07. The first kappa shape index (κ1) is 19.2. The number of nitrogens with one attached hydrogen (secondary N) is 1. The van der Waals surface area contributed by atoms with Crippen LogP contribution >= 0.6 is 47.2 Å². The van der Waals surface area contributed by atoms with E-state index in [2.05, 4.69) is 18.3 Å². The zero-order valence-electron chi connectivity index (χ0n) is 14.2. The van der Waals surface area contributed by atoms with Crippen molar-refractivity contribution in [3.05, 3.63) is 68.0 Å². The van der Waals surface area contributed by atoms with Crippen molar-refractivity contribution < 1.29 is 4.79 Å². The number of nitrogens with zero attached hydrogens (tertiary/aromatic N) is 1. The van der Waals surface area contributed by atoms with E-state index in [1.165, 1.54) is 17.3 Å². The molecule has 1 aliphatic heterocycles. The Kier molecular flexibility index (Phi) is 5.92. The molecule has 0 aliphatic carbocycles. The maximum Gasteiger partial charge on any atom is 0.267 e. The van der Waals surface area contributed by atoms with E-state index < -0.39 is 0 Å². The molecule has 3 nitrogen and oxygen atoms in total. The minimum Gasteiger partial charge on any atom is -0.367 e. The van der Waals surface area contributed by atoms with E-state index in [9.17, 15) is 4.79 Å². The highest BCUT2D eigenvalue weighted by atomic mass is 35.5. The number of amides is 1. The Balaban J connectivity index is 1.75. The number of hydrogen-bond acceptors (Lipinski definition) is 4. The first-order valence-electron chi connectivity index (χ1n) is 7.87. The molecule has 2 aromatic rings. The van der Waals surface area contributed by atoms with Crippen LogP contribution in [0, 0.1) is 13.8 Å². The summed E-state index contributed by atoms with van der Waals surface area (Å²) in [7, 11) is 0. The number of thiocarbonyl (C=S) groups is 1. The van der Waals surface area contributed by atoms with Crippen molar-refractivity contribution in [1.82, 2.24) is 4.90 Å². The monoisotopic (exact) mass is 422 g/mol. The van der Waals surface area contributed by atoms with E-state index in [4.69, 9.17) is 35.4 Å². The van der Waals surface area contributed by atoms with Gasteiger partial charge in [-0.15, -0.1) is 0 Å². The number of carbonyl (C=O) groups is 1. The van der Waals surface area contributed by atoms with Gasteiger partial charge in [0.05, 0.1) is 21.6 Å². The molecule has 0 unspecified atom stereocenters. The summed E-state index contributed by atoms with van der Waals surface area (Å²) in [5.41, 5.74) is 4.15. The van der Waals surface area contributed by atoms with Gasteiger partial charge in [-0.1, -0.05) is 65.4 Å². The van der Waals surface area contributed by atoms with Crippen LogP contribution in [0.5, 0.6) is 0 Å². The number of aryl methyl sites for hydroxylation is 1. The summed E-state index contributed by atoms with van der Waals surface area (Å²) in [5, 5.41) is 4.23. The molecule has 1 fully saturated rings. The number of hydrogen-bond donors (Lipinski definition) is 1. The maximum absolute atomic E-state index is 12.7. The number of thioether (sulfide) groups is 1. The molecule has 1 N–H and O–H groups in total. The van der Waals surface area contributed by atoms with Gasteiger partial charge < -0.3 is 5.32 Å². The second kappa shape index (κ2) is 8.01. The van der Waals surface area contributed by atoms with Crippen molar-refractivity contribution in [2.45, 2.75) is 13.8 Å². The zero-order chi connectivity index (χ0) is 18.8. The van der Waals surface area contributed by atoms with Crippen LogP contribution in [0.15, 0.2) is 41.3 Å². The fourth-order valence-electron chi connectivity index (χ4n) is 2.50. The van der Waals surface area contributed by atoms with Crippen molar-refractivity contribution in [3.8, 4) is 0 Å². The largest absolute Gasteiger partial charge is 0.367 e. The van der Waals surface area contributed by atoms with Crippen LogP contribution < -0.4 is 5.32 Å². The molecule has 0 saturated carbocycles. The van der Waals surface area contributed by atoms with Gasteiger partial charge in [0, 0.05) is 5.69 Å². The molecule has 1 heterocycles. The van der Waals surface area contributed by atoms with Crippen molar-refractivity contribution in [2.75, 3.05) is 12.0 Å². The molecular formula is C19H16Cl2N2OS2. The summed E-state index contributed by atoms with van der Waals surface area (Å²) in [6.45, 7) is 4.43. The summed E-state index contributed by atoms with van der Waals surface area (Å²) < 4.78 is 0.527. The Morgan fingerprint density at radius 2 is 1.96 bits per heavy atom. The Hall–Kier alpha value is -1.53. The SMILES string of the molecule is Cc1cccc(NCN2C(=O)C(=Cc3ccc(Cl)c(Cl)c3)SC2=S)c1C. The van der Waals surface area contributed by atoms with Crippen LogP contribution in [0.1, 0.15) is 16.7 Å². The molecule has 0 atom stereocenters. The van der Waals surface area contributed by atoms with Crippen molar-refractivity contribution in [1.29, 1.82) is 0 Å². The number of rotatable bonds is 4. The lowest BCUT2D eigenvalue weighted by Gasteiger charge is -2.18. The van der Waals surface area contributed by atoms with Gasteiger partial charge in [0.1, 0.15) is 4.32 Å². The molecule has 7 heteroatoms. The van der Waals surface area contributed by atoms with E-state index in [0.717, 1.165) is 16.8 Å². The summed E-state index contributed by atoms with van der Waals surface area (Å²) in [5.74, 6) is -0.121. The molecule has 3 rings (SSSR count). The van der Waals surface area contributed by atoms with Gasteiger partial charge in [0.2, 0.25) is 0 Å². The van der Waals surface area contributed by atoms with E-state index in [1.807, 2.05) is 25.1 Å². The molecule has 1 saturated heterocycles. The molecule has 26 heavy (non-hydrogen) atoms. The van der Waals surface area contributed by atoms with E-state index >= 15 is 0 Å². The maximum atomic E-state index is 12.7. The second-order valence-corrected chi connectivity index (χ2v) is 8.36. The van der Waals surface area contributed by atoms with Crippen LogP contribution in [0.25, 0.3) is 6.08 Å². The molecule has 0 aromatic heterocycles. The van der Waals surface area contributed by atoms with Crippen LogP contribution in [0.2, 0.25) is 10.0 Å². The van der Waals surface area contributed by atoms with Gasteiger partial charge in [-0.3, -0.25) is 9.69 Å². The van der Waals surface area contributed by atoms with E-state index in [0.29, 0.717) is 25.9 Å². The average Bonchev–Trinajstić information content (AvgIpc) is 2.86. The van der Waals surface area contributed by atoms with Crippen molar-refractivity contribution in [3.63, 3.8) is 0 Å². The Labute approximate surface area is 172 Å². The summed E-state index contributed by atoms with van der Waals surface area (Å²) in [6, 6.07) is 11.3. The van der Waals surface area contributed by atoms with Gasteiger partial charge in [0.25, 0.3) is 5.91 Å². The third-order valence-corrected chi connectivity index (χ3v) is 6.26. The highest BCUT2D eigenvalue weighted by Crippen LogP contribution is 2.33. The average molecular weight is 423 g/mol. The van der Waals surface area contributed by atoms with E-state index in [-0.39, 0.29) is 5.91 Å². The fraction of sp³-hybridized carbons (Fsp3) is 0.158. The summed E-state index contributed by atoms with van der Waals surface area (Å²) in [6.07, 6.45) is 1.78. The van der Waals surface area contributed by atoms with Crippen LogP contribution in [0.4, 0.5) is 5.69 Å². The predicted molar refractivity (Wildman–Crippen MR) is 116 cm³/mol. The van der Waals surface area contributed by atoms with Gasteiger partial charge in [-0.2, -0.15) is 0 Å². The van der Waals surface area contributed by atoms with E-state index in [1.54, 1.807) is 23.1 Å². The Morgan fingerprint density at radius 1 is 1.19 bits per heavy atom. The highest BCUT2D eigenvalue weighted by Gasteiger charge is 2.31. The molecule has 2 aromatic carbocycles. The normalized spacial score (nSPS) is 15.8. The number of benzene rings is 2. The second-order valence-electron chi connectivity index (χ2n) is 5.87. The van der Waals surface area contributed by atoms with Gasteiger partial charge in [-0.25, -0.2) is 0 Å². The number of anilines is 1. The summed E-state index contributed by atoms with van der Waals surface area (Å²) in [4.78, 5) is 14.8. The molecule has 1 aliphatic rings. The predicted octanol–water partition coefficient (Wildman–Crippen LogP) is 5.88. The lowest BCUT2D eigenvalue weighted by atomic mass is 10.1. The molecule has 1 amide bonds. The van der Waals surface area contributed by atoms with Crippen LogP contribution in [-0.4, -0.2) is 21.8 Å². The fourth-order valence-corrected chi connectivity index (χ4v) is 4.06. The van der Waals surface area contributed by atoms with Gasteiger partial charge >= 0.3 is 0 Å². The third-order valence-electron chi connectivity index (χ3n) is 4.15. The Morgan fingerprint density at radius 3 is 2.69 bits per heavy atom. The number of carbonyl (C=O) groups excluding carboxylic acids is 1. The molecule has 0 bridgehead atoms. The topological polar surface area (TPSA) is 32.3 Å². The number of halogens is 2.